The molecule has 2 aromatic heterocycles. The van der Waals surface area contributed by atoms with Crippen LogP contribution in [0.4, 0.5) is 0 Å². The van der Waals surface area contributed by atoms with Crippen molar-refractivity contribution in [2.75, 3.05) is 19.3 Å². The van der Waals surface area contributed by atoms with Gasteiger partial charge in [-0.2, -0.15) is 0 Å². The number of pyridine rings is 2. The molecule has 3 rings (SSSR count). The molecule has 1 aliphatic rings. The quantitative estimate of drug-likeness (QED) is 0.833. The van der Waals surface area contributed by atoms with Gasteiger partial charge in [-0.25, -0.2) is 8.42 Å². The third-order valence-electron chi connectivity index (χ3n) is 4.33. The van der Waals surface area contributed by atoms with Crippen molar-refractivity contribution in [3.63, 3.8) is 0 Å². The molecule has 2 aromatic rings. The zero-order valence-corrected chi connectivity index (χ0v) is 15.1. The lowest BCUT2D eigenvalue weighted by Gasteiger charge is -2.32. The number of hydrogen-bond donors (Lipinski definition) is 0. The van der Waals surface area contributed by atoms with Crippen molar-refractivity contribution in [1.82, 2.24) is 14.9 Å². The first kappa shape index (κ1) is 17.3. The molecule has 128 valence electrons. The Bertz CT molecular complexity index is 804. The average molecular weight is 366 g/mol. The van der Waals surface area contributed by atoms with Crippen molar-refractivity contribution in [1.29, 1.82) is 0 Å². The monoisotopic (exact) mass is 365 g/mol. The van der Waals surface area contributed by atoms with Gasteiger partial charge in [0.25, 0.3) is 0 Å². The SMILES string of the molecule is CS(=O)(=O)c1cc(Cl)cnc1C1CCN(Cc2ccccn2)CC1. The van der Waals surface area contributed by atoms with Crippen molar-refractivity contribution < 1.29 is 8.42 Å². The van der Waals surface area contributed by atoms with Crippen LogP contribution in [0.15, 0.2) is 41.6 Å². The van der Waals surface area contributed by atoms with Crippen LogP contribution in [0, 0.1) is 0 Å². The van der Waals surface area contributed by atoms with E-state index < -0.39 is 9.84 Å². The molecule has 0 aliphatic carbocycles. The highest BCUT2D eigenvalue weighted by Crippen LogP contribution is 2.32. The van der Waals surface area contributed by atoms with E-state index >= 15 is 0 Å². The van der Waals surface area contributed by atoms with Crippen LogP contribution in [0.5, 0.6) is 0 Å². The second-order valence-corrected chi connectivity index (χ2v) is 8.60. The van der Waals surface area contributed by atoms with Gasteiger partial charge in [0.05, 0.1) is 21.3 Å². The van der Waals surface area contributed by atoms with E-state index in [0.29, 0.717) is 10.7 Å². The Morgan fingerprint density at radius 2 is 2.00 bits per heavy atom. The zero-order chi connectivity index (χ0) is 17.2. The van der Waals surface area contributed by atoms with Crippen molar-refractivity contribution >= 4 is 21.4 Å². The van der Waals surface area contributed by atoms with E-state index in [2.05, 4.69) is 14.9 Å². The molecule has 24 heavy (non-hydrogen) atoms. The molecule has 1 saturated heterocycles. The van der Waals surface area contributed by atoms with Crippen LogP contribution in [-0.2, 0) is 16.4 Å². The summed E-state index contributed by atoms with van der Waals surface area (Å²) in [5.74, 6) is 0.145. The second-order valence-electron chi connectivity index (χ2n) is 6.18. The van der Waals surface area contributed by atoms with Crippen LogP contribution < -0.4 is 0 Å². The van der Waals surface area contributed by atoms with E-state index in [0.717, 1.165) is 38.2 Å². The Hall–Kier alpha value is -1.50. The lowest BCUT2D eigenvalue weighted by Crippen LogP contribution is -2.33. The van der Waals surface area contributed by atoms with Crippen LogP contribution in [0.3, 0.4) is 0 Å². The minimum Gasteiger partial charge on any atom is -0.297 e. The Balaban J connectivity index is 1.71. The lowest BCUT2D eigenvalue weighted by molar-refractivity contribution is 0.200. The number of hydrogen-bond acceptors (Lipinski definition) is 5. The Morgan fingerprint density at radius 3 is 2.62 bits per heavy atom. The molecule has 0 aromatic carbocycles. The van der Waals surface area contributed by atoms with Gasteiger partial charge in [-0.15, -0.1) is 0 Å². The number of halogens is 1. The standard InChI is InChI=1S/C17H20ClN3O2S/c1-24(22,23)16-10-14(18)11-20-17(16)13-5-8-21(9-6-13)12-15-4-2-3-7-19-15/h2-4,7,10-11,13H,5-6,8-9,12H2,1H3. The van der Waals surface area contributed by atoms with Gasteiger partial charge < -0.3 is 0 Å². The van der Waals surface area contributed by atoms with Gasteiger partial charge in [0, 0.05) is 31.1 Å². The van der Waals surface area contributed by atoms with Crippen LogP contribution >= 0.6 is 11.6 Å². The fourth-order valence-corrected chi connectivity index (χ4v) is 4.28. The summed E-state index contributed by atoms with van der Waals surface area (Å²) < 4.78 is 24.1. The van der Waals surface area contributed by atoms with Crippen LogP contribution in [0.2, 0.25) is 5.02 Å². The molecular formula is C17H20ClN3O2S. The minimum atomic E-state index is -3.34. The van der Waals surface area contributed by atoms with Crippen LogP contribution in [0.1, 0.15) is 30.1 Å². The summed E-state index contributed by atoms with van der Waals surface area (Å²) in [6.45, 7) is 2.62. The molecule has 0 radical (unpaired) electrons. The highest BCUT2D eigenvalue weighted by molar-refractivity contribution is 7.90. The van der Waals surface area contributed by atoms with Gasteiger partial charge in [-0.05, 0) is 44.1 Å². The summed E-state index contributed by atoms with van der Waals surface area (Å²) in [7, 11) is -3.34. The van der Waals surface area contributed by atoms with Crippen LogP contribution in [-0.4, -0.2) is 42.6 Å². The van der Waals surface area contributed by atoms with Gasteiger partial charge in [-0.1, -0.05) is 17.7 Å². The number of rotatable bonds is 4. The highest BCUT2D eigenvalue weighted by Gasteiger charge is 2.27. The number of piperidine rings is 1. The number of aromatic nitrogens is 2. The number of likely N-dealkylation sites (tertiary alicyclic amines) is 1. The summed E-state index contributed by atoms with van der Waals surface area (Å²) in [4.78, 5) is 11.3. The molecule has 0 spiro atoms. The molecule has 0 saturated carbocycles. The average Bonchev–Trinajstić information content (AvgIpc) is 2.56. The molecular weight excluding hydrogens is 346 g/mol. The molecule has 5 nitrogen and oxygen atoms in total. The van der Waals surface area contributed by atoms with E-state index in [-0.39, 0.29) is 10.8 Å². The Kier molecular flexibility index (Phi) is 5.18. The molecule has 0 bridgehead atoms. The Morgan fingerprint density at radius 1 is 1.25 bits per heavy atom. The summed E-state index contributed by atoms with van der Waals surface area (Å²) in [5.41, 5.74) is 1.71. The summed E-state index contributed by atoms with van der Waals surface area (Å²) >= 11 is 5.93. The van der Waals surface area contributed by atoms with Gasteiger partial charge in [0.1, 0.15) is 0 Å². The van der Waals surface area contributed by atoms with E-state index in [1.807, 2.05) is 18.2 Å². The minimum absolute atomic E-state index is 0.145. The first-order valence-electron chi connectivity index (χ1n) is 7.91. The van der Waals surface area contributed by atoms with Crippen molar-refractivity contribution in [2.45, 2.75) is 30.2 Å². The first-order valence-corrected chi connectivity index (χ1v) is 10.2. The normalized spacial score (nSPS) is 17.1. The molecule has 0 unspecified atom stereocenters. The number of sulfone groups is 1. The predicted octanol–water partition coefficient (Wildman–Crippen LogP) is 2.91. The van der Waals surface area contributed by atoms with E-state index in [1.165, 1.54) is 18.5 Å². The highest BCUT2D eigenvalue weighted by atomic mass is 35.5. The third kappa shape index (κ3) is 4.12. The molecule has 0 N–H and O–H groups in total. The van der Waals surface area contributed by atoms with Gasteiger partial charge >= 0.3 is 0 Å². The first-order chi connectivity index (χ1) is 11.4. The topological polar surface area (TPSA) is 63.2 Å². The Labute approximate surface area is 147 Å². The van der Waals surface area contributed by atoms with E-state index in [1.54, 1.807) is 6.20 Å². The largest absolute Gasteiger partial charge is 0.297 e. The fourth-order valence-electron chi connectivity index (χ4n) is 3.12. The van der Waals surface area contributed by atoms with Crippen molar-refractivity contribution in [3.8, 4) is 0 Å². The zero-order valence-electron chi connectivity index (χ0n) is 13.5. The maximum Gasteiger partial charge on any atom is 0.177 e. The van der Waals surface area contributed by atoms with Gasteiger partial charge in [0.2, 0.25) is 0 Å². The van der Waals surface area contributed by atoms with Crippen molar-refractivity contribution in [2.24, 2.45) is 0 Å². The fraction of sp³-hybridized carbons (Fsp3) is 0.412. The summed E-state index contributed by atoms with van der Waals surface area (Å²) in [6, 6.07) is 7.44. The van der Waals surface area contributed by atoms with Gasteiger partial charge in [0.15, 0.2) is 9.84 Å². The predicted molar refractivity (Wildman–Crippen MR) is 93.8 cm³/mol. The summed E-state index contributed by atoms with van der Waals surface area (Å²) in [5, 5.41) is 0.353. The molecule has 0 atom stereocenters. The number of nitrogens with zero attached hydrogens (tertiary/aromatic N) is 3. The molecule has 1 aliphatic heterocycles. The van der Waals surface area contributed by atoms with Crippen LogP contribution in [0.25, 0.3) is 0 Å². The smallest absolute Gasteiger partial charge is 0.177 e. The maximum absolute atomic E-state index is 12.0. The van der Waals surface area contributed by atoms with E-state index in [4.69, 9.17) is 11.6 Å². The third-order valence-corrected chi connectivity index (χ3v) is 5.67. The lowest BCUT2D eigenvalue weighted by atomic mass is 9.93. The molecule has 3 heterocycles. The summed E-state index contributed by atoms with van der Waals surface area (Å²) in [6.07, 6.45) is 6.30. The van der Waals surface area contributed by atoms with E-state index in [9.17, 15) is 8.42 Å². The molecule has 0 amide bonds. The molecule has 1 fully saturated rings. The second kappa shape index (κ2) is 7.17. The van der Waals surface area contributed by atoms with Gasteiger partial charge in [-0.3, -0.25) is 14.9 Å². The van der Waals surface area contributed by atoms with Crippen molar-refractivity contribution in [3.05, 3.63) is 53.1 Å². The molecule has 7 heteroatoms. The maximum atomic E-state index is 12.0.